The number of unbranched alkanes of at least 4 members (excludes halogenated alkanes) is 1. The van der Waals surface area contributed by atoms with Crippen molar-refractivity contribution in [3.63, 3.8) is 0 Å². The Labute approximate surface area is 258 Å². The second-order valence-electron chi connectivity index (χ2n) is 12.4. The summed E-state index contributed by atoms with van der Waals surface area (Å²) >= 11 is 0. The minimum absolute atomic E-state index is 0.0175. The van der Waals surface area contributed by atoms with E-state index in [9.17, 15) is 9.90 Å². The van der Waals surface area contributed by atoms with Crippen LogP contribution in [-0.4, -0.2) is 31.3 Å². The third-order valence-electron chi connectivity index (χ3n) is 7.93. The SMILES string of the molecule is COc1ccc(F)c(-c2ccc(COc3cccc([C@@H](CC(=O)O)C4CC4)c3)cc2C(OCCCCN=[N+]=[N-])C(C)(C)C)c1. The Bertz CT molecular complexity index is 1480. The number of halogens is 1. The van der Waals surface area contributed by atoms with E-state index in [1.54, 1.807) is 19.2 Å². The molecule has 0 aliphatic heterocycles. The molecule has 2 atom stereocenters. The van der Waals surface area contributed by atoms with Gasteiger partial charge in [-0.15, -0.1) is 0 Å². The molecule has 44 heavy (non-hydrogen) atoms. The van der Waals surface area contributed by atoms with Crippen molar-refractivity contribution in [1.82, 2.24) is 0 Å². The van der Waals surface area contributed by atoms with Gasteiger partial charge in [0.25, 0.3) is 0 Å². The van der Waals surface area contributed by atoms with Crippen LogP contribution in [0.15, 0.2) is 65.8 Å². The van der Waals surface area contributed by atoms with E-state index in [0.717, 1.165) is 36.0 Å². The van der Waals surface area contributed by atoms with Gasteiger partial charge in [-0.2, -0.15) is 0 Å². The summed E-state index contributed by atoms with van der Waals surface area (Å²) in [4.78, 5) is 14.3. The Morgan fingerprint density at radius 3 is 2.55 bits per heavy atom. The maximum atomic E-state index is 15.3. The molecular weight excluding hydrogens is 561 g/mol. The fraction of sp³-hybridized carbons (Fsp3) is 0.457. The van der Waals surface area contributed by atoms with Crippen LogP contribution in [0.1, 0.15) is 81.6 Å². The van der Waals surface area contributed by atoms with Gasteiger partial charge in [0.2, 0.25) is 0 Å². The van der Waals surface area contributed by atoms with Gasteiger partial charge in [0, 0.05) is 23.6 Å². The van der Waals surface area contributed by atoms with Gasteiger partial charge in [0.1, 0.15) is 23.9 Å². The first-order valence-electron chi connectivity index (χ1n) is 15.1. The molecule has 4 rings (SSSR count). The highest BCUT2D eigenvalue weighted by Gasteiger charge is 2.34. The van der Waals surface area contributed by atoms with E-state index >= 15 is 4.39 Å². The van der Waals surface area contributed by atoms with Crippen molar-refractivity contribution < 1.29 is 28.5 Å². The normalized spacial score (nSPS) is 14.4. The molecule has 0 aromatic heterocycles. The molecule has 1 N–H and O–H groups in total. The van der Waals surface area contributed by atoms with E-state index in [0.29, 0.717) is 48.1 Å². The minimum Gasteiger partial charge on any atom is -0.497 e. The molecule has 1 saturated carbocycles. The lowest BCUT2D eigenvalue weighted by atomic mass is 9.81. The Hall–Kier alpha value is -4.07. The third kappa shape index (κ3) is 8.97. The molecule has 9 heteroatoms. The Morgan fingerprint density at radius 1 is 1.07 bits per heavy atom. The number of azide groups is 1. The number of carbonyl (C=O) groups is 1. The average Bonchev–Trinajstić information content (AvgIpc) is 3.84. The second-order valence-corrected chi connectivity index (χ2v) is 12.4. The van der Waals surface area contributed by atoms with Gasteiger partial charge in [-0.05, 0) is 107 Å². The molecule has 234 valence electrons. The summed E-state index contributed by atoms with van der Waals surface area (Å²) in [6.07, 6.45) is 3.27. The molecule has 1 unspecified atom stereocenters. The van der Waals surface area contributed by atoms with Crippen LogP contribution in [0.25, 0.3) is 21.6 Å². The van der Waals surface area contributed by atoms with Crippen LogP contribution < -0.4 is 9.47 Å². The number of hydrogen-bond acceptors (Lipinski definition) is 5. The van der Waals surface area contributed by atoms with Crippen molar-refractivity contribution >= 4 is 5.97 Å². The molecule has 1 fully saturated rings. The summed E-state index contributed by atoms with van der Waals surface area (Å²) in [5, 5.41) is 13.0. The zero-order valence-electron chi connectivity index (χ0n) is 26.0. The first-order valence-corrected chi connectivity index (χ1v) is 15.1. The predicted octanol–water partition coefficient (Wildman–Crippen LogP) is 9.24. The molecule has 1 aliphatic carbocycles. The molecule has 8 nitrogen and oxygen atoms in total. The molecule has 0 amide bonds. The first kappa shape index (κ1) is 32.8. The van der Waals surface area contributed by atoms with Crippen molar-refractivity contribution in [2.75, 3.05) is 20.3 Å². The first-order chi connectivity index (χ1) is 21.1. The number of ether oxygens (including phenoxy) is 3. The van der Waals surface area contributed by atoms with Crippen LogP contribution in [0.3, 0.4) is 0 Å². The zero-order valence-corrected chi connectivity index (χ0v) is 26.0. The van der Waals surface area contributed by atoms with Crippen LogP contribution in [-0.2, 0) is 16.1 Å². The van der Waals surface area contributed by atoms with Crippen LogP contribution in [0, 0.1) is 17.2 Å². The quantitative estimate of drug-likeness (QED) is 0.0759. The van der Waals surface area contributed by atoms with Gasteiger partial charge >= 0.3 is 5.97 Å². The highest BCUT2D eigenvalue weighted by Crippen LogP contribution is 2.45. The van der Waals surface area contributed by atoms with E-state index in [1.807, 2.05) is 42.5 Å². The van der Waals surface area contributed by atoms with E-state index in [1.165, 1.54) is 6.07 Å². The van der Waals surface area contributed by atoms with Crippen LogP contribution in [0.5, 0.6) is 11.5 Å². The van der Waals surface area contributed by atoms with E-state index in [2.05, 4.69) is 30.8 Å². The third-order valence-corrected chi connectivity index (χ3v) is 7.93. The number of hydrogen-bond donors (Lipinski definition) is 1. The lowest BCUT2D eigenvalue weighted by molar-refractivity contribution is -0.137. The van der Waals surface area contributed by atoms with Gasteiger partial charge < -0.3 is 19.3 Å². The molecule has 0 saturated heterocycles. The molecule has 0 spiro atoms. The molecule has 0 bridgehead atoms. The summed E-state index contributed by atoms with van der Waals surface area (Å²) < 4.78 is 33.4. The van der Waals surface area contributed by atoms with Gasteiger partial charge in [-0.3, -0.25) is 4.79 Å². The van der Waals surface area contributed by atoms with Crippen molar-refractivity contribution in [1.29, 1.82) is 0 Å². The number of methoxy groups -OCH3 is 1. The fourth-order valence-corrected chi connectivity index (χ4v) is 5.58. The van der Waals surface area contributed by atoms with Gasteiger partial charge in [0.15, 0.2) is 0 Å². The lowest BCUT2D eigenvalue weighted by Crippen LogP contribution is -2.23. The van der Waals surface area contributed by atoms with Crippen LogP contribution in [0.4, 0.5) is 4.39 Å². The van der Waals surface area contributed by atoms with E-state index in [-0.39, 0.29) is 36.3 Å². The topological polar surface area (TPSA) is 114 Å². The Balaban J connectivity index is 1.64. The predicted molar refractivity (Wildman–Crippen MR) is 168 cm³/mol. The molecule has 3 aromatic rings. The van der Waals surface area contributed by atoms with E-state index in [4.69, 9.17) is 19.7 Å². The minimum atomic E-state index is -0.792. The molecule has 3 aromatic carbocycles. The summed E-state index contributed by atoms with van der Waals surface area (Å²) in [6, 6.07) is 18.3. The number of carboxylic acids is 1. The van der Waals surface area contributed by atoms with E-state index < -0.39 is 5.97 Å². The number of carboxylic acid groups (broad SMARTS) is 1. The number of aliphatic carboxylic acids is 1. The highest BCUT2D eigenvalue weighted by molar-refractivity contribution is 5.71. The van der Waals surface area contributed by atoms with Crippen molar-refractivity contribution in [2.45, 2.75) is 71.5 Å². The smallest absolute Gasteiger partial charge is 0.303 e. The zero-order chi connectivity index (χ0) is 31.7. The summed E-state index contributed by atoms with van der Waals surface area (Å²) in [7, 11) is 1.55. The number of nitrogens with zero attached hydrogens (tertiary/aromatic N) is 3. The maximum absolute atomic E-state index is 15.3. The average molecular weight is 604 g/mol. The van der Waals surface area contributed by atoms with Gasteiger partial charge in [0.05, 0.1) is 19.6 Å². The summed E-state index contributed by atoms with van der Waals surface area (Å²) in [5.41, 5.74) is 12.1. The molecule has 0 heterocycles. The monoisotopic (exact) mass is 603 g/mol. The van der Waals surface area contributed by atoms with Crippen molar-refractivity contribution in [3.8, 4) is 22.6 Å². The molecule has 0 radical (unpaired) electrons. The Morgan fingerprint density at radius 2 is 1.86 bits per heavy atom. The number of rotatable bonds is 16. The summed E-state index contributed by atoms with van der Waals surface area (Å²) in [5.74, 6) is 0.462. The molecule has 1 aliphatic rings. The highest BCUT2D eigenvalue weighted by atomic mass is 19.1. The standard InChI is InChI=1S/C35H42FN3O5/c1-35(2,3)34(43-17-6-5-16-38-39-37)31-18-23(10-14-28(31)30-20-26(42-4)13-15-32(30)36)22-44-27-9-7-8-25(19-27)29(21-33(40)41)24-11-12-24/h7-10,13-15,18-20,24,29,34H,5-6,11-12,16-17,21-22H2,1-4H3,(H,40,41)/t29-,34?/m0/s1. The fourth-order valence-electron chi connectivity index (χ4n) is 5.58. The van der Waals surface area contributed by atoms with Crippen LogP contribution >= 0.6 is 0 Å². The Kier molecular flexibility index (Phi) is 11.3. The van der Waals surface area contributed by atoms with Gasteiger partial charge in [-0.25, -0.2) is 4.39 Å². The summed E-state index contributed by atoms with van der Waals surface area (Å²) in [6.45, 7) is 7.40. The largest absolute Gasteiger partial charge is 0.497 e. The van der Waals surface area contributed by atoms with Crippen molar-refractivity contribution in [3.05, 3.63) is 93.6 Å². The van der Waals surface area contributed by atoms with Crippen LogP contribution in [0.2, 0.25) is 0 Å². The van der Waals surface area contributed by atoms with Gasteiger partial charge in [-0.1, -0.05) is 50.2 Å². The second kappa shape index (κ2) is 15.1. The maximum Gasteiger partial charge on any atom is 0.303 e. The molecular formula is C35H42FN3O5. The van der Waals surface area contributed by atoms with Crippen molar-refractivity contribution in [2.24, 2.45) is 16.4 Å². The number of benzene rings is 3. The lowest BCUT2D eigenvalue weighted by Gasteiger charge is -2.33.